The Labute approximate surface area is 339 Å². The molecule has 0 fully saturated rings. The number of benzene rings is 4. The van der Waals surface area contributed by atoms with E-state index in [0.717, 1.165) is 4.68 Å². The average molecular weight is 797 g/mol. The molecule has 17 nitrogen and oxygen atoms in total. The minimum absolute atomic E-state index is 0. The maximum Gasteiger partial charge on any atom is 1.00 e. The molecule has 0 aliphatic rings. The molecule has 0 aliphatic heterocycles. The molecule has 6 aromatic rings. The van der Waals surface area contributed by atoms with Crippen LogP contribution in [0.15, 0.2) is 138 Å². The number of carboxylic acids is 2. The van der Waals surface area contributed by atoms with E-state index in [1.54, 1.807) is 55.5 Å². The van der Waals surface area contributed by atoms with Gasteiger partial charge in [0.2, 0.25) is 10.0 Å². The Hall–Kier alpha value is -5.52. The minimum atomic E-state index is -3.95. The van der Waals surface area contributed by atoms with Crippen LogP contribution in [0.2, 0.25) is 0 Å². The summed E-state index contributed by atoms with van der Waals surface area (Å²) in [5, 5.41) is 47.3. The van der Waals surface area contributed by atoms with Gasteiger partial charge in [0, 0.05) is 17.4 Å². The summed E-state index contributed by atoms with van der Waals surface area (Å²) in [4.78, 5) is 47.3. The first-order valence-corrected chi connectivity index (χ1v) is 16.5. The van der Waals surface area contributed by atoms with Crippen molar-refractivity contribution in [3.05, 3.63) is 146 Å². The molecule has 0 atom stereocenters. The monoisotopic (exact) mass is 796 g/mol. The quantitative estimate of drug-likeness (QED) is 0.109. The number of aromatic carboxylic acids is 2. The molecule has 54 heavy (non-hydrogen) atoms. The van der Waals surface area contributed by atoms with Gasteiger partial charge in [-0.1, -0.05) is 73.8 Å². The number of hydrogen-bond acceptors (Lipinski definition) is 12. The third-order valence-electron chi connectivity index (χ3n) is 7.15. The number of nitrogens with zero attached hydrogens (tertiary/aromatic N) is 8. The fraction of sp³-hybridized carbons (Fsp3) is 0.0588. The van der Waals surface area contributed by atoms with E-state index in [0.29, 0.717) is 11.4 Å². The number of sulfonamides is 1. The first-order valence-electron chi connectivity index (χ1n) is 15.0. The fourth-order valence-corrected chi connectivity index (χ4v) is 5.18. The SMILES string of the molecule is Cc1nn(-c2cccc(S(N)(=O)=O)c2)c(=O)[c-]1N=Nc1ccccc1C(=O)O.Cc1nn(-c2ccccc2)c(=O)[c-]1N=Nc1ccccc1C(=O)O.[Cr].[Na+]. The van der Waals surface area contributed by atoms with Gasteiger partial charge in [0.25, 0.3) is 0 Å². The van der Waals surface area contributed by atoms with Gasteiger partial charge < -0.3 is 30.0 Å². The predicted octanol–water partition coefficient (Wildman–Crippen LogP) is 2.40. The molecule has 2 aromatic heterocycles. The van der Waals surface area contributed by atoms with Crippen molar-refractivity contribution in [1.29, 1.82) is 0 Å². The number of aryl methyl sites for hydroxylation is 2. The standard InChI is InChI=1S/C17H14N5O5S.C17H13N4O3.Cr.Na/c1-10-15(20-19-14-8-3-2-7-13(14)17(24)25)16(23)22(21-10)11-5-4-6-12(9-11)28(18,26)27;1-11-15(16(22)21(20-11)12-7-3-2-4-8-12)19-18-14-10-6-5-9-13(14)17(23)24;;/h2-9H,1H3,(H,24,25)(H2,18,26,27);2-10H,1H3,(H,23,24);;/q2*-1;;+1. The average Bonchev–Trinajstić information content (AvgIpc) is 3.58. The van der Waals surface area contributed by atoms with Crippen LogP contribution in [0.1, 0.15) is 32.1 Å². The summed E-state index contributed by atoms with van der Waals surface area (Å²) >= 11 is 0. The van der Waals surface area contributed by atoms with E-state index in [1.165, 1.54) is 60.1 Å². The molecule has 0 saturated heterocycles. The van der Waals surface area contributed by atoms with Gasteiger partial charge in [-0.25, -0.2) is 42.7 Å². The summed E-state index contributed by atoms with van der Waals surface area (Å²) in [5.74, 6) is -2.28. The summed E-state index contributed by atoms with van der Waals surface area (Å²) < 4.78 is 25.2. The smallest absolute Gasteiger partial charge is 0.478 e. The number of carboxylic acid groups (broad SMARTS) is 2. The Kier molecular flexibility index (Phi) is 14.7. The van der Waals surface area contributed by atoms with Crippen LogP contribution in [0.3, 0.4) is 0 Å². The maximum atomic E-state index is 12.6. The van der Waals surface area contributed by atoms with Gasteiger partial charge in [-0.2, -0.15) is 10.2 Å². The summed E-state index contributed by atoms with van der Waals surface area (Å²) in [6, 6.07) is 26.5. The molecule has 0 unspecified atom stereocenters. The largest absolute Gasteiger partial charge is 1.00 e. The fourth-order valence-electron chi connectivity index (χ4n) is 4.63. The van der Waals surface area contributed by atoms with E-state index in [9.17, 15) is 32.7 Å². The third-order valence-corrected chi connectivity index (χ3v) is 8.06. The topological polar surface area (TPSA) is 254 Å². The Morgan fingerprint density at radius 1 is 0.667 bits per heavy atom. The predicted molar refractivity (Wildman–Crippen MR) is 187 cm³/mol. The maximum absolute atomic E-state index is 12.6. The summed E-state index contributed by atoms with van der Waals surface area (Å²) in [5.41, 5.74) is 0.615. The van der Waals surface area contributed by atoms with E-state index in [-0.39, 0.29) is 97.1 Å². The molecule has 0 amide bonds. The van der Waals surface area contributed by atoms with Gasteiger partial charge in [-0.15, -0.1) is 11.4 Å². The van der Waals surface area contributed by atoms with Gasteiger partial charge in [-0.05, 0) is 54.6 Å². The number of nitrogens with two attached hydrogens (primary N) is 1. The number of azo groups is 2. The number of para-hydroxylation sites is 1. The molecular weight excluding hydrogens is 769 g/mol. The second-order valence-corrected chi connectivity index (χ2v) is 12.3. The molecule has 0 bridgehead atoms. The van der Waals surface area contributed by atoms with Crippen molar-refractivity contribution in [3.8, 4) is 11.4 Å². The summed E-state index contributed by atoms with van der Waals surface area (Å²) in [7, 11) is -3.95. The van der Waals surface area contributed by atoms with Crippen LogP contribution in [0.25, 0.3) is 11.4 Å². The third kappa shape index (κ3) is 9.91. The van der Waals surface area contributed by atoms with E-state index >= 15 is 0 Å². The van der Waals surface area contributed by atoms with Crippen molar-refractivity contribution in [1.82, 2.24) is 19.6 Å². The Bertz CT molecular complexity index is 2600. The summed E-state index contributed by atoms with van der Waals surface area (Å²) in [6.07, 6.45) is 0. The van der Waals surface area contributed by atoms with Crippen LogP contribution in [0.4, 0.5) is 22.7 Å². The molecule has 270 valence electrons. The molecule has 6 rings (SSSR count). The molecule has 0 aliphatic carbocycles. The van der Waals surface area contributed by atoms with Gasteiger partial charge in [-0.3, -0.25) is 0 Å². The second-order valence-electron chi connectivity index (χ2n) is 10.7. The van der Waals surface area contributed by atoms with Crippen LogP contribution in [-0.2, 0) is 27.4 Å². The van der Waals surface area contributed by atoms with E-state index < -0.39 is 33.1 Å². The Morgan fingerprint density at radius 3 is 1.52 bits per heavy atom. The summed E-state index contributed by atoms with van der Waals surface area (Å²) in [6.45, 7) is 3.18. The normalized spacial score (nSPS) is 11.0. The van der Waals surface area contributed by atoms with Crippen molar-refractivity contribution in [2.45, 2.75) is 18.7 Å². The number of aromatic nitrogens is 4. The zero-order chi connectivity index (χ0) is 37.6. The van der Waals surface area contributed by atoms with Crippen LogP contribution in [0.5, 0.6) is 0 Å². The number of carbonyl (C=O) groups is 2. The Balaban J connectivity index is 0.000000283. The van der Waals surface area contributed by atoms with Crippen molar-refractivity contribution in [3.63, 3.8) is 0 Å². The molecule has 4 N–H and O–H groups in total. The molecule has 0 saturated carbocycles. The second kappa shape index (κ2) is 18.5. The van der Waals surface area contributed by atoms with Crippen molar-refractivity contribution >= 4 is 44.7 Å². The Morgan fingerprint density at radius 2 is 1.07 bits per heavy atom. The molecule has 20 heteroatoms. The van der Waals surface area contributed by atoms with Gasteiger partial charge >= 0.3 is 41.5 Å². The van der Waals surface area contributed by atoms with Gasteiger partial charge in [0.15, 0.2) is 0 Å². The minimum Gasteiger partial charge on any atom is -0.478 e. The first kappa shape index (κ1) is 42.9. The zero-order valence-corrected chi connectivity index (χ0v) is 32.7. The number of rotatable bonds is 9. The van der Waals surface area contributed by atoms with E-state index in [4.69, 9.17) is 10.2 Å². The van der Waals surface area contributed by atoms with Gasteiger partial charge in [0.1, 0.15) is 11.1 Å². The van der Waals surface area contributed by atoms with E-state index in [2.05, 4.69) is 30.7 Å². The van der Waals surface area contributed by atoms with E-state index in [1.807, 2.05) is 6.07 Å². The molecule has 2 heterocycles. The van der Waals surface area contributed by atoms with Crippen molar-refractivity contribution in [2.24, 2.45) is 25.6 Å². The molecule has 0 spiro atoms. The van der Waals surface area contributed by atoms with Crippen LogP contribution in [-0.4, -0.2) is 50.1 Å². The zero-order valence-electron chi connectivity index (χ0n) is 28.6. The van der Waals surface area contributed by atoms with Crippen LogP contribution >= 0.6 is 0 Å². The van der Waals surface area contributed by atoms with Crippen LogP contribution < -0.4 is 45.8 Å². The molecule has 0 radical (unpaired) electrons. The van der Waals surface area contributed by atoms with Crippen molar-refractivity contribution in [2.75, 3.05) is 0 Å². The van der Waals surface area contributed by atoms with Crippen molar-refractivity contribution < 1.29 is 75.1 Å². The van der Waals surface area contributed by atoms with Crippen LogP contribution in [0, 0.1) is 13.8 Å². The molecule has 4 aromatic carbocycles. The first-order chi connectivity index (χ1) is 24.8. The number of hydrogen-bond donors (Lipinski definition) is 3. The number of primary sulfonamides is 1. The molecular formula is C34H27CrN9NaO8S-. The van der Waals surface area contributed by atoms with Gasteiger partial charge in [0.05, 0.1) is 38.8 Å².